The Hall–Kier alpha value is -0.590. The molecule has 2 rings (SSSR count). The molecule has 0 saturated heterocycles. The van der Waals surface area contributed by atoms with Crippen LogP contribution in [0.1, 0.15) is 4.88 Å². The van der Waals surface area contributed by atoms with Gasteiger partial charge in [-0.05, 0) is 0 Å². The standard InChI is InChI=1S/C7H3F3OS2/c8-3-2(1-11)12-6-4(9)7(10)13-5(3)6/h11H,1H2. The fraction of sp³-hybridized carbons (Fsp3) is 0.143. The second-order valence-electron chi connectivity index (χ2n) is 2.35. The van der Waals surface area contributed by atoms with Gasteiger partial charge in [0.15, 0.2) is 11.6 Å². The van der Waals surface area contributed by atoms with E-state index in [0.717, 1.165) is 11.3 Å². The van der Waals surface area contributed by atoms with E-state index in [1.54, 1.807) is 0 Å². The molecule has 0 bridgehead atoms. The Morgan fingerprint density at radius 3 is 2.15 bits per heavy atom. The van der Waals surface area contributed by atoms with Crippen LogP contribution in [0, 0.1) is 16.8 Å². The number of halogens is 3. The number of fused-ring (bicyclic) bond motifs is 1. The van der Waals surface area contributed by atoms with E-state index in [-0.39, 0.29) is 14.3 Å². The molecule has 0 aliphatic rings. The van der Waals surface area contributed by atoms with E-state index in [0.29, 0.717) is 11.3 Å². The van der Waals surface area contributed by atoms with Gasteiger partial charge in [0.1, 0.15) is 0 Å². The van der Waals surface area contributed by atoms with Crippen LogP contribution < -0.4 is 0 Å². The van der Waals surface area contributed by atoms with Gasteiger partial charge in [0.2, 0.25) is 5.13 Å². The number of thiophene rings is 2. The van der Waals surface area contributed by atoms with Crippen LogP contribution in [-0.2, 0) is 6.61 Å². The predicted octanol–water partition coefficient (Wildman–Crippen LogP) is 2.87. The maximum atomic E-state index is 13.2. The van der Waals surface area contributed by atoms with Crippen molar-refractivity contribution in [2.75, 3.05) is 0 Å². The highest BCUT2D eigenvalue weighted by Gasteiger charge is 2.20. The summed E-state index contributed by atoms with van der Waals surface area (Å²) in [6.07, 6.45) is 0. The Bertz CT molecular complexity index is 460. The normalized spacial score (nSPS) is 11.4. The van der Waals surface area contributed by atoms with Gasteiger partial charge in [-0.1, -0.05) is 11.3 Å². The molecule has 0 aliphatic heterocycles. The van der Waals surface area contributed by atoms with Crippen molar-refractivity contribution < 1.29 is 18.3 Å². The third kappa shape index (κ3) is 1.17. The molecule has 0 fully saturated rings. The maximum Gasteiger partial charge on any atom is 0.214 e. The Morgan fingerprint density at radius 1 is 1.00 bits per heavy atom. The van der Waals surface area contributed by atoms with Crippen molar-refractivity contribution in [1.82, 2.24) is 0 Å². The summed E-state index contributed by atoms with van der Waals surface area (Å²) < 4.78 is 38.5. The molecule has 1 N–H and O–H groups in total. The lowest BCUT2D eigenvalue weighted by atomic mass is 10.4. The molecule has 1 nitrogen and oxygen atoms in total. The molecular weight excluding hydrogens is 221 g/mol. The summed E-state index contributed by atoms with van der Waals surface area (Å²) in [5.74, 6) is -1.74. The third-order valence-electron chi connectivity index (χ3n) is 1.58. The summed E-state index contributed by atoms with van der Waals surface area (Å²) in [6, 6.07) is 0. The minimum Gasteiger partial charge on any atom is -0.391 e. The number of rotatable bonds is 1. The van der Waals surface area contributed by atoms with E-state index in [4.69, 9.17) is 5.11 Å². The van der Waals surface area contributed by atoms with E-state index in [2.05, 4.69) is 0 Å². The molecule has 2 aromatic rings. The van der Waals surface area contributed by atoms with Crippen LogP contribution in [-0.4, -0.2) is 5.11 Å². The second-order valence-corrected chi connectivity index (χ2v) is 4.42. The number of aliphatic hydroxyl groups excluding tert-OH is 1. The van der Waals surface area contributed by atoms with Gasteiger partial charge in [-0.3, -0.25) is 0 Å². The molecule has 0 atom stereocenters. The summed E-state index contributed by atoms with van der Waals surface area (Å²) in [4.78, 5) is 0.0418. The largest absolute Gasteiger partial charge is 0.391 e. The van der Waals surface area contributed by atoms with Crippen LogP contribution in [0.2, 0.25) is 0 Å². The van der Waals surface area contributed by atoms with Crippen molar-refractivity contribution >= 4 is 32.1 Å². The number of aliphatic hydroxyl groups is 1. The van der Waals surface area contributed by atoms with Gasteiger partial charge in [0, 0.05) is 0 Å². The lowest BCUT2D eigenvalue weighted by Gasteiger charge is -1.86. The fourth-order valence-corrected chi connectivity index (χ4v) is 3.01. The van der Waals surface area contributed by atoms with E-state index < -0.39 is 23.4 Å². The highest BCUT2D eigenvalue weighted by atomic mass is 32.1. The van der Waals surface area contributed by atoms with Crippen LogP contribution in [0.5, 0.6) is 0 Å². The maximum absolute atomic E-state index is 13.2. The predicted molar refractivity (Wildman–Crippen MR) is 45.5 cm³/mol. The highest BCUT2D eigenvalue weighted by Crippen LogP contribution is 2.38. The topological polar surface area (TPSA) is 20.2 Å². The zero-order chi connectivity index (χ0) is 9.59. The zero-order valence-corrected chi connectivity index (χ0v) is 7.74. The van der Waals surface area contributed by atoms with E-state index in [9.17, 15) is 13.2 Å². The minimum absolute atomic E-state index is 0.0418. The Kier molecular flexibility index (Phi) is 2.05. The first-order valence-electron chi connectivity index (χ1n) is 3.30. The average Bonchev–Trinajstić information content (AvgIpc) is 2.56. The monoisotopic (exact) mass is 224 g/mol. The van der Waals surface area contributed by atoms with Gasteiger partial charge < -0.3 is 5.11 Å². The van der Waals surface area contributed by atoms with Gasteiger partial charge in [0.25, 0.3) is 0 Å². The molecule has 0 aliphatic carbocycles. The van der Waals surface area contributed by atoms with Gasteiger partial charge in [-0.15, -0.1) is 11.3 Å². The highest BCUT2D eigenvalue weighted by molar-refractivity contribution is 7.27. The third-order valence-corrected chi connectivity index (χ3v) is 3.80. The molecule has 0 unspecified atom stereocenters. The lowest BCUT2D eigenvalue weighted by molar-refractivity contribution is 0.280. The molecule has 0 radical (unpaired) electrons. The van der Waals surface area contributed by atoms with Crippen molar-refractivity contribution in [3.8, 4) is 0 Å². The number of hydrogen-bond donors (Lipinski definition) is 1. The molecule has 70 valence electrons. The molecule has 6 heteroatoms. The van der Waals surface area contributed by atoms with Gasteiger partial charge in [-0.25, -0.2) is 8.78 Å². The summed E-state index contributed by atoms with van der Waals surface area (Å²) in [5.41, 5.74) is 0. The van der Waals surface area contributed by atoms with Crippen LogP contribution in [0.15, 0.2) is 0 Å². The van der Waals surface area contributed by atoms with Crippen LogP contribution >= 0.6 is 22.7 Å². The van der Waals surface area contributed by atoms with Crippen molar-refractivity contribution in [2.24, 2.45) is 0 Å². The van der Waals surface area contributed by atoms with Crippen LogP contribution in [0.25, 0.3) is 9.40 Å². The minimum atomic E-state index is -1.02. The summed E-state index contributed by atoms with van der Waals surface area (Å²) in [7, 11) is 0. The Labute approximate surface area is 79.0 Å². The first kappa shape index (κ1) is 8.98. The molecule has 0 saturated carbocycles. The quantitative estimate of drug-likeness (QED) is 0.789. The SMILES string of the molecule is OCc1sc2c(F)c(F)sc2c1F. The molecule has 2 heterocycles. The summed E-state index contributed by atoms with van der Waals surface area (Å²) >= 11 is 1.17. The summed E-state index contributed by atoms with van der Waals surface area (Å²) in [6.45, 7) is -0.487. The van der Waals surface area contributed by atoms with Crippen LogP contribution in [0.3, 0.4) is 0 Å². The number of hydrogen-bond acceptors (Lipinski definition) is 3. The molecule has 0 aromatic carbocycles. The van der Waals surface area contributed by atoms with E-state index in [1.165, 1.54) is 0 Å². The van der Waals surface area contributed by atoms with Crippen molar-refractivity contribution in [2.45, 2.75) is 6.61 Å². The van der Waals surface area contributed by atoms with Gasteiger partial charge in [-0.2, -0.15) is 4.39 Å². The molecular formula is C7H3F3OS2. The van der Waals surface area contributed by atoms with Crippen molar-refractivity contribution in [3.63, 3.8) is 0 Å². The first-order chi connectivity index (χ1) is 6.15. The first-order valence-corrected chi connectivity index (χ1v) is 4.94. The van der Waals surface area contributed by atoms with Crippen molar-refractivity contribution in [3.05, 3.63) is 21.6 Å². The molecule has 0 spiro atoms. The zero-order valence-electron chi connectivity index (χ0n) is 6.10. The Morgan fingerprint density at radius 2 is 1.62 bits per heavy atom. The van der Waals surface area contributed by atoms with Gasteiger partial charge in [0.05, 0.1) is 20.9 Å². The van der Waals surface area contributed by atoms with E-state index >= 15 is 0 Å². The van der Waals surface area contributed by atoms with Crippen molar-refractivity contribution in [1.29, 1.82) is 0 Å². The van der Waals surface area contributed by atoms with Crippen LogP contribution in [0.4, 0.5) is 13.2 Å². The average molecular weight is 224 g/mol. The van der Waals surface area contributed by atoms with E-state index in [1.807, 2.05) is 0 Å². The lowest BCUT2D eigenvalue weighted by Crippen LogP contribution is -1.79. The molecule has 13 heavy (non-hydrogen) atoms. The second kappa shape index (κ2) is 2.97. The Balaban J connectivity index is 2.81. The van der Waals surface area contributed by atoms with Gasteiger partial charge >= 0.3 is 0 Å². The molecule has 0 amide bonds. The summed E-state index contributed by atoms with van der Waals surface area (Å²) in [5, 5.41) is 7.65. The molecule has 2 aromatic heterocycles. The smallest absolute Gasteiger partial charge is 0.214 e. The fourth-order valence-electron chi connectivity index (χ4n) is 1.00.